The highest BCUT2D eigenvalue weighted by Crippen LogP contribution is 2.32. The van der Waals surface area contributed by atoms with E-state index in [1.807, 2.05) is 0 Å². The Labute approximate surface area is 118 Å². The summed E-state index contributed by atoms with van der Waals surface area (Å²) in [7, 11) is 0. The van der Waals surface area contributed by atoms with Crippen LogP contribution in [0.5, 0.6) is 0 Å². The van der Waals surface area contributed by atoms with Crippen LogP contribution in [0.1, 0.15) is 19.4 Å². The van der Waals surface area contributed by atoms with Gasteiger partial charge in [0.25, 0.3) is 0 Å². The van der Waals surface area contributed by atoms with Crippen molar-refractivity contribution in [3.05, 3.63) is 34.1 Å². The van der Waals surface area contributed by atoms with Crippen LogP contribution in [0.2, 0.25) is 0 Å². The van der Waals surface area contributed by atoms with Crippen LogP contribution < -0.4 is 5.73 Å². The molecule has 0 aliphatic heterocycles. The lowest BCUT2D eigenvalue weighted by molar-refractivity contribution is -0.139. The summed E-state index contributed by atoms with van der Waals surface area (Å²) in [4.78, 5) is 10.9. The Kier molecular flexibility index (Phi) is 5.19. The second-order valence-electron chi connectivity index (χ2n) is 4.44. The van der Waals surface area contributed by atoms with Gasteiger partial charge in [-0.25, -0.2) is 4.39 Å². The van der Waals surface area contributed by atoms with Gasteiger partial charge < -0.3 is 10.8 Å². The second kappa shape index (κ2) is 6.04. The Balaban J connectivity index is 2.75. The minimum absolute atomic E-state index is 0.301. The Morgan fingerprint density at radius 1 is 1.61 bits per heavy atom. The lowest BCUT2D eigenvalue weighted by Crippen LogP contribution is -2.46. The fourth-order valence-electron chi connectivity index (χ4n) is 1.30. The first-order valence-electron chi connectivity index (χ1n) is 5.30. The molecule has 0 aliphatic rings. The van der Waals surface area contributed by atoms with Crippen LogP contribution in [0.3, 0.4) is 0 Å². The van der Waals surface area contributed by atoms with E-state index in [1.54, 1.807) is 26.0 Å². The average molecular weight is 336 g/mol. The average Bonchev–Trinajstić information content (AvgIpc) is 2.29. The summed E-state index contributed by atoms with van der Waals surface area (Å²) in [5.41, 5.74) is 6.13. The van der Waals surface area contributed by atoms with Crippen molar-refractivity contribution in [2.75, 3.05) is 0 Å². The third kappa shape index (κ3) is 3.96. The molecule has 0 saturated heterocycles. The summed E-state index contributed by atoms with van der Waals surface area (Å²) < 4.78 is 13.6. The summed E-state index contributed by atoms with van der Waals surface area (Å²) >= 11 is 4.60. The van der Waals surface area contributed by atoms with E-state index >= 15 is 0 Å². The van der Waals surface area contributed by atoms with Crippen molar-refractivity contribution in [1.82, 2.24) is 0 Å². The zero-order valence-electron chi connectivity index (χ0n) is 10.1. The van der Waals surface area contributed by atoms with Crippen molar-refractivity contribution in [2.24, 2.45) is 5.73 Å². The van der Waals surface area contributed by atoms with Gasteiger partial charge in [-0.05, 0) is 37.6 Å². The molecule has 1 atom stereocenters. The van der Waals surface area contributed by atoms with Crippen LogP contribution in [0.25, 0.3) is 0 Å². The first-order chi connectivity index (χ1) is 8.24. The molecule has 18 heavy (non-hydrogen) atoms. The molecule has 1 aromatic rings. The van der Waals surface area contributed by atoms with Gasteiger partial charge in [-0.15, -0.1) is 11.8 Å². The van der Waals surface area contributed by atoms with Crippen LogP contribution in [0.4, 0.5) is 4.39 Å². The van der Waals surface area contributed by atoms with E-state index < -0.39 is 16.8 Å². The van der Waals surface area contributed by atoms with Gasteiger partial charge >= 0.3 is 5.97 Å². The molecule has 0 heterocycles. The highest BCUT2D eigenvalue weighted by atomic mass is 79.9. The van der Waals surface area contributed by atoms with Gasteiger partial charge in [-0.2, -0.15) is 0 Å². The molecule has 0 fully saturated rings. The molecule has 0 saturated carbocycles. The maximum Gasteiger partial charge on any atom is 0.321 e. The Hall–Kier alpha value is -0.590. The minimum atomic E-state index is -1.05. The molecule has 0 bridgehead atoms. The SMILES string of the molecule is CC(C)(SCc1cc(Br)ccc1F)[C@@H](N)C(=O)O. The molecule has 1 rings (SSSR count). The predicted octanol–water partition coefficient (Wildman–Crippen LogP) is 3.01. The molecule has 0 radical (unpaired) electrons. The van der Waals surface area contributed by atoms with E-state index in [1.165, 1.54) is 17.8 Å². The molecule has 1 aromatic carbocycles. The molecule has 100 valence electrons. The van der Waals surface area contributed by atoms with Crippen molar-refractivity contribution >= 4 is 33.7 Å². The second-order valence-corrected chi connectivity index (χ2v) is 6.99. The van der Waals surface area contributed by atoms with Crippen molar-refractivity contribution in [1.29, 1.82) is 0 Å². The van der Waals surface area contributed by atoms with Crippen molar-refractivity contribution in [3.8, 4) is 0 Å². The zero-order chi connectivity index (χ0) is 13.9. The number of thioether (sulfide) groups is 1. The Morgan fingerprint density at radius 2 is 2.22 bits per heavy atom. The van der Waals surface area contributed by atoms with Gasteiger partial charge in [0.05, 0.1) is 0 Å². The third-order valence-corrected chi connectivity index (χ3v) is 4.57. The van der Waals surface area contributed by atoms with Gasteiger partial charge in [0, 0.05) is 15.0 Å². The number of rotatable bonds is 5. The topological polar surface area (TPSA) is 63.3 Å². The lowest BCUT2D eigenvalue weighted by Gasteiger charge is -2.28. The highest BCUT2D eigenvalue weighted by Gasteiger charge is 2.32. The maximum absolute atomic E-state index is 13.5. The number of halogens is 2. The molecule has 0 aliphatic carbocycles. The van der Waals surface area contributed by atoms with Crippen LogP contribution in [0.15, 0.2) is 22.7 Å². The monoisotopic (exact) mass is 335 g/mol. The first kappa shape index (κ1) is 15.5. The molecular weight excluding hydrogens is 321 g/mol. The summed E-state index contributed by atoms with van der Waals surface area (Å²) in [6, 6.07) is 3.70. The summed E-state index contributed by atoms with van der Waals surface area (Å²) in [6.07, 6.45) is 0. The molecule has 0 amide bonds. The van der Waals surface area contributed by atoms with Gasteiger partial charge in [0.1, 0.15) is 11.9 Å². The summed E-state index contributed by atoms with van der Waals surface area (Å²) in [5, 5.41) is 8.89. The van der Waals surface area contributed by atoms with Gasteiger partial charge in [0.15, 0.2) is 0 Å². The molecular formula is C12H15BrFNO2S. The van der Waals surface area contributed by atoms with Crippen molar-refractivity contribution in [2.45, 2.75) is 30.4 Å². The van der Waals surface area contributed by atoms with Crippen LogP contribution in [0, 0.1) is 5.82 Å². The maximum atomic E-state index is 13.5. The van der Waals surface area contributed by atoms with Gasteiger partial charge in [0.2, 0.25) is 0 Å². The Morgan fingerprint density at radius 3 is 2.78 bits per heavy atom. The van der Waals surface area contributed by atoms with Gasteiger partial charge in [-0.3, -0.25) is 4.79 Å². The van der Waals surface area contributed by atoms with Gasteiger partial charge in [-0.1, -0.05) is 15.9 Å². The van der Waals surface area contributed by atoms with E-state index in [9.17, 15) is 9.18 Å². The lowest BCUT2D eigenvalue weighted by atomic mass is 10.1. The highest BCUT2D eigenvalue weighted by molar-refractivity contribution is 9.10. The zero-order valence-corrected chi connectivity index (χ0v) is 12.5. The molecule has 3 nitrogen and oxygen atoms in total. The standard InChI is InChI=1S/C12H15BrFNO2S/c1-12(2,10(15)11(16)17)18-6-7-5-8(13)3-4-9(7)14/h3-5,10H,6,15H2,1-2H3,(H,16,17)/t10-/m0/s1. The number of carboxylic acids is 1. The van der Waals surface area contributed by atoms with Crippen molar-refractivity contribution in [3.63, 3.8) is 0 Å². The molecule has 0 aromatic heterocycles. The summed E-state index contributed by atoms with van der Waals surface area (Å²) in [6.45, 7) is 3.48. The quantitative estimate of drug-likeness (QED) is 0.868. The molecule has 6 heteroatoms. The number of nitrogens with two attached hydrogens (primary N) is 1. The number of aliphatic carboxylic acids is 1. The molecule has 3 N–H and O–H groups in total. The van der Waals surface area contributed by atoms with Crippen LogP contribution in [-0.4, -0.2) is 21.9 Å². The predicted molar refractivity (Wildman–Crippen MR) is 75.1 cm³/mol. The van der Waals surface area contributed by atoms with E-state index in [0.29, 0.717) is 11.3 Å². The van der Waals surface area contributed by atoms with E-state index in [0.717, 1.165) is 4.47 Å². The van der Waals surface area contributed by atoms with Crippen LogP contribution in [-0.2, 0) is 10.5 Å². The largest absolute Gasteiger partial charge is 0.480 e. The smallest absolute Gasteiger partial charge is 0.321 e. The van der Waals surface area contributed by atoms with E-state index in [4.69, 9.17) is 10.8 Å². The molecule has 0 unspecified atom stereocenters. The van der Waals surface area contributed by atoms with E-state index in [2.05, 4.69) is 15.9 Å². The normalized spacial score (nSPS) is 13.4. The fraction of sp³-hybridized carbons (Fsp3) is 0.417. The van der Waals surface area contributed by atoms with Crippen molar-refractivity contribution < 1.29 is 14.3 Å². The minimum Gasteiger partial charge on any atom is -0.480 e. The first-order valence-corrected chi connectivity index (χ1v) is 7.08. The third-order valence-electron chi connectivity index (χ3n) is 2.62. The number of carbonyl (C=O) groups is 1. The molecule has 0 spiro atoms. The van der Waals surface area contributed by atoms with E-state index in [-0.39, 0.29) is 5.82 Å². The fourth-order valence-corrected chi connectivity index (χ4v) is 2.74. The Bertz CT molecular complexity index is 454. The number of carboxylic acid groups (broad SMARTS) is 1. The number of hydrogen-bond acceptors (Lipinski definition) is 3. The number of hydrogen-bond donors (Lipinski definition) is 2. The summed E-state index contributed by atoms with van der Waals surface area (Å²) in [5.74, 6) is -0.980. The van der Waals surface area contributed by atoms with Crippen LogP contribution >= 0.6 is 27.7 Å². The number of benzene rings is 1.